The van der Waals surface area contributed by atoms with E-state index in [1.165, 1.54) is 18.2 Å². The molecule has 0 bridgehead atoms. The molecule has 1 aromatic carbocycles. The monoisotopic (exact) mass is 233 g/mol. The van der Waals surface area contributed by atoms with E-state index in [2.05, 4.69) is 10.7 Å². The Balaban J connectivity index is 2.66. The summed E-state index contributed by atoms with van der Waals surface area (Å²) in [6, 6.07) is 4.13. The number of thiocarbonyl (C=S) groups is 1. The maximum absolute atomic E-state index is 12.8. The standard InChI is InChI=1S/C8H9ClFN3S/c9-7-2-1-6(10)3-5(7)4-12-8(14)13-11/h1-3H,4,11H2,(H2,12,13,14). The summed E-state index contributed by atoms with van der Waals surface area (Å²) in [7, 11) is 0. The Labute approximate surface area is 91.4 Å². The first-order chi connectivity index (χ1) is 6.63. The van der Waals surface area contributed by atoms with E-state index in [-0.39, 0.29) is 10.9 Å². The highest BCUT2D eigenvalue weighted by Gasteiger charge is 2.02. The van der Waals surface area contributed by atoms with Crippen LogP contribution in [0.25, 0.3) is 0 Å². The number of hydrazine groups is 1. The van der Waals surface area contributed by atoms with Crippen molar-refractivity contribution in [2.75, 3.05) is 0 Å². The molecule has 0 heterocycles. The zero-order valence-electron chi connectivity index (χ0n) is 7.18. The van der Waals surface area contributed by atoms with Gasteiger partial charge in [-0.05, 0) is 36.0 Å². The second kappa shape index (κ2) is 5.09. The van der Waals surface area contributed by atoms with Crippen molar-refractivity contribution < 1.29 is 4.39 Å². The van der Waals surface area contributed by atoms with Crippen molar-refractivity contribution in [3.05, 3.63) is 34.6 Å². The van der Waals surface area contributed by atoms with E-state index >= 15 is 0 Å². The van der Waals surface area contributed by atoms with Crippen LogP contribution in [0, 0.1) is 5.82 Å². The lowest BCUT2D eigenvalue weighted by Gasteiger charge is -2.08. The van der Waals surface area contributed by atoms with Gasteiger partial charge in [-0.25, -0.2) is 10.2 Å². The van der Waals surface area contributed by atoms with Gasteiger partial charge in [0.05, 0.1) is 0 Å². The molecule has 0 aliphatic heterocycles. The molecule has 0 unspecified atom stereocenters. The number of halogens is 2. The molecule has 0 aliphatic carbocycles. The molecule has 0 fully saturated rings. The molecule has 0 aromatic heterocycles. The minimum atomic E-state index is -0.335. The van der Waals surface area contributed by atoms with Crippen molar-refractivity contribution in [3.8, 4) is 0 Å². The van der Waals surface area contributed by atoms with E-state index in [1.807, 2.05) is 0 Å². The average molecular weight is 234 g/mol. The molecule has 1 aromatic rings. The first-order valence-electron chi connectivity index (χ1n) is 3.82. The third kappa shape index (κ3) is 3.10. The van der Waals surface area contributed by atoms with E-state index in [0.717, 1.165) is 0 Å². The van der Waals surface area contributed by atoms with E-state index < -0.39 is 0 Å². The number of nitrogens with one attached hydrogen (secondary N) is 2. The number of nitrogens with two attached hydrogens (primary N) is 1. The van der Waals surface area contributed by atoms with Crippen molar-refractivity contribution in [2.24, 2.45) is 5.84 Å². The van der Waals surface area contributed by atoms with Crippen LogP contribution >= 0.6 is 23.8 Å². The van der Waals surface area contributed by atoms with Crippen molar-refractivity contribution >= 4 is 28.9 Å². The van der Waals surface area contributed by atoms with Crippen LogP contribution in [0.4, 0.5) is 4.39 Å². The molecule has 3 nitrogen and oxygen atoms in total. The zero-order chi connectivity index (χ0) is 10.6. The second-order valence-electron chi connectivity index (χ2n) is 2.56. The maximum atomic E-state index is 12.8. The summed E-state index contributed by atoms with van der Waals surface area (Å²) in [6.45, 7) is 0.333. The summed E-state index contributed by atoms with van der Waals surface area (Å²) in [4.78, 5) is 0. The Morgan fingerprint density at radius 2 is 2.29 bits per heavy atom. The quantitative estimate of drug-likeness (QED) is 0.410. The van der Waals surface area contributed by atoms with E-state index in [0.29, 0.717) is 17.1 Å². The van der Waals surface area contributed by atoms with Crippen LogP contribution in [0.3, 0.4) is 0 Å². The summed E-state index contributed by atoms with van der Waals surface area (Å²) in [5, 5.41) is 3.53. The van der Waals surface area contributed by atoms with E-state index in [1.54, 1.807) is 0 Å². The normalized spacial score (nSPS) is 9.64. The van der Waals surface area contributed by atoms with Crippen molar-refractivity contribution in [1.29, 1.82) is 0 Å². The van der Waals surface area contributed by atoms with Crippen molar-refractivity contribution in [1.82, 2.24) is 10.7 Å². The molecule has 0 saturated carbocycles. The fraction of sp³-hybridized carbons (Fsp3) is 0.125. The maximum Gasteiger partial charge on any atom is 0.180 e. The largest absolute Gasteiger partial charge is 0.358 e. The highest BCUT2D eigenvalue weighted by atomic mass is 35.5. The Bertz CT molecular complexity index is 345. The lowest BCUT2D eigenvalue weighted by Crippen LogP contribution is -2.39. The lowest BCUT2D eigenvalue weighted by molar-refractivity contribution is 0.624. The third-order valence-corrected chi connectivity index (χ3v) is 2.21. The highest BCUT2D eigenvalue weighted by molar-refractivity contribution is 7.80. The number of hydrogen-bond donors (Lipinski definition) is 3. The summed E-state index contributed by atoms with van der Waals surface area (Å²) in [5.41, 5.74) is 2.88. The Kier molecular flexibility index (Phi) is 4.06. The van der Waals surface area contributed by atoms with Gasteiger partial charge in [0, 0.05) is 11.6 Å². The molecule has 1 rings (SSSR count). The van der Waals surface area contributed by atoms with Gasteiger partial charge in [0.25, 0.3) is 0 Å². The molecule has 0 spiro atoms. The van der Waals surface area contributed by atoms with Gasteiger partial charge >= 0.3 is 0 Å². The predicted molar refractivity (Wildman–Crippen MR) is 58.2 cm³/mol. The summed E-state index contributed by atoms with van der Waals surface area (Å²) in [6.07, 6.45) is 0. The van der Waals surface area contributed by atoms with Crippen molar-refractivity contribution in [2.45, 2.75) is 6.54 Å². The molecule has 14 heavy (non-hydrogen) atoms. The van der Waals surface area contributed by atoms with Crippen LogP contribution < -0.4 is 16.6 Å². The fourth-order valence-electron chi connectivity index (χ4n) is 0.905. The molecule has 0 aliphatic rings. The topological polar surface area (TPSA) is 50.1 Å². The summed E-state index contributed by atoms with van der Waals surface area (Å²) in [5.74, 6) is 4.71. The Morgan fingerprint density at radius 3 is 2.93 bits per heavy atom. The lowest BCUT2D eigenvalue weighted by atomic mass is 10.2. The van der Waals surface area contributed by atoms with Gasteiger partial charge in [0.2, 0.25) is 0 Å². The molecule has 0 atom stereocenters. The first kappa shape index (κ1) is 11.2. The fourth-order valence-corrected chi connectivity index (χ4v) is 1.16. The second-order valence-corrected chi connectivity index (χ2v) is 3.38. The molecule has 6 heteroatoms. The van der Waals surface area contributed by atoms with Crippen LogP contribution in [-0.4, -0.2) is 5.11 Å². The van der Waals surface area contributed by atoms with Gasteiger partial charge in [-0.3, -0.25) is 0 Å². The number of benzene rings is 1. The van der Waals surface area contributed by atoms with Gasteiger partial charge in [0.1, 0.15) is 5.82 Å². The number of rotatable bonds is 2. The van der Waals surface area contributed by atoms with Gasteiger partial charge in [-0.1, -0.05) is 11.6 Å². The van der Waals surface area contributed by atoms with Gasteiger partial charge in [0.15, 0.2) is 5.11 Å². The van der Waals surface area contributed by atoms with Crippen molar-refractivity contribution in [3.63, 3.8) is 0 Å². The van der Waals surface area contributed by atoms with E-state index in [4.69, 9.17) is 29.7 Å². The minimum absolute atomic E-state index is 0.283. The molecular weight excluding hydrogens is 225 g/mol. The molecule has 0 radical (unpaired) electrons. The average Bonchev–Trinajstić information content (AvgIpc) is 2.19. The van der Waals surface area contributed by atoms with Crippen LogP contribution in [0.1, 0.15) is 5.56 Å². The molecule has 0 saturated heterocycles. The molecule has 76 valence electrons. The number of hydrogen-bond acceptors (Lipinski definition) is 2. The summed E-state index contributed by atoms with van der Waals surface area (Å²) >= 11 is 10.6. The van der Waals surface area contributed by atoms with Gasteiger partial charge < -0.3 is 10.7 Å². The van der Waals surface area contributed by atoms with Crippen LogP contribution in [0.2, 0.25) is 5.02 Å². The third-order valence-electron chi connectivity index (χ3n) is 1.58. The molecule has 4 N–H and O–H groups in total. The SMILES string of the molecule is NNC(=S)NCc1cc(F)ccc1Cl. The zero-order valence-corrected chi connectivity index (χ0v) is 8.75. The van der Waals surface area contributed by atoms with E-state index in [9.17, 15) is 4.39 Å². The molecular formula is C8H9ClFN3S. The Morgan fingerprint density at radius 1 is 1.57 bits per heavy atom. The van der Waals surface area contributed by atoms with Crippen LogP contribution in [0.5, 0.6) is 0 Å². The highest BCUT2D eigenvalue weighted by Crippen LogP contribution is 2.16. The summed E-state index contributed by atoms with van der Waals surface area (Å²) < 4.78 is 12.8. The minimum Gasteiger partial charge on any atom is -0.358 e. The van der Waals surface area contributed by atoms with Crippen LogP contribution in [-0.2, 0) is 6.54 Å². The smallest absolute Gasteiger partial charge is 0.180 e. The first-order valence-corrected chi connectivity index (χ1v) is 4.60. The van der Waals surface area contributed by atoms with Crippen LogP contribution in [0.15, 0.2) is 18.2 Å². The predicted octanol–water partition coefficient (Wildman–Crippen LogP) is 1.32. The van der Waals surface area contributed by atoms with Gasteiger partial charge in [-0.2, -0.15) is 0 Å². The Hall–Kier alpha value is -0.910. The molecule has 0 amide bonds. The van der Waals surface area contributed by atoms with Gasteiger partial charge in [-0.15, -0.1) is 0 Å².